The Hall–Kier alpha value is 0.01000. The molecule has 1 fully saturated rings. The van der Waals surface area contributed by atoms with E-state index in [1.165, 1.54) is 30.8 Å². The minimum absolute atomic E-state index is 0. The van der Waals surface area contributed by atoms with E-state index < -0.39 is 0 Å². The molecule has 1 aliphatic rings. The van der Waals surface area contributed by atoms with Gasteiger partial charge < -0.3 is 10.6 Å². The van der Waals surface area contributed by atoms with Crippen LogP contribution in [0.15, 0.2) is 22.5 Å². The van der Waals surface area contributed by atoms with Crippen molar-refractivity contribution in [1.29, 1.82) is 0 Å². The van der Waals surface area contributed by atoms with Crippen LogP contribution in [0.2, 0.25) is 0 Å². The van der Waals surface area contributed by atoms with Crippen molar-refractivity contribution in [3.8, 4) is 0 Å². The fourth-order valence-electron chi connectivity index (χ4n) is 2.78. The monoisotopic (exact) mass is 482 g/mol. The van der Waals surface area contributed by atoms with E-state index in [1.54, 1.807) is 0 Å². The van der Waals surface area contributed by atoms with Gasteiger partial charge in [-0.2, -0.15) is 11.8 Å². The summed E-state index contributed by atoms with van der Waals surface area (Å²) in [6, 6.07) is 4.39. The average Bonchev–Trinajstić information content (AvgIpc) is 3.07. The largest absolute Gasteiger partial charge is 0.357 e. The third kappa shape index (κ3) is 8.40. The van der Waals surface area contributed by atoms with Gasteiger partial charge in [0.2, 0.25) is 0 Å². The van der Waals surface area contributed by atoms with Gasteiger partial charge >= 0.3 is 0 Å². The molecule has 24 heavy (non-hydrogen) atoms. The predicted molar refractivity (Wildman–Crippen MR) is 120 cm³/mol. The number of nitrogens with zero attached hydrogens (tertiary/aromatic N) is 2. The molecule has 138 valence electrons. The number of aliphatic imine (C=N–C) groups is 1. The first-order valence-corrected chi connectivity index (χ1v) is 10.8. The Balaban J connectivity index is 0.00000288. The van der Waals surface area contributed by atoms with E-state index in [1.807, 2.05) is 23.1 Å². The number of hydrogen-bond acceptors (Lipinski definition) is 4. The first kappa shape index (κ1) is 22.1. The summed E-state index contributed by atoms with van der Waals surface area (Å²) in [6.45, 7) is 8.49. The molecule has 0 radical (unpaired) electrons. The van der Waals surface area contributed by atoms with Gasteiger partial charge in [0.25, 0.3) is 0 Å². The summed E-state index contributed by atoms with van der Waals surface area (Å²) in [6.07, 6.45) is 4.66. The molecule has 0 aliphatic carbocycles. The molecule has 0 atom stereocenters. The van der Waals surface area contributed by atoms with Crippen LogP contribution in [0.4, 0.5) is 0 Å². The Kier molecular flexibility index (Phi) is 12.2. The van der Waals surface area contributed by atoms with Gasteiger partial charge in [0.15, 0.2) is 5.96 Å². The molecule has 0 bridgehead atoms. The molecular weight excluding hydrogens is 451 g/mol. The number of thiophene rings is 1. The maximum atomic E-state index is 4.78. The molecule has 1 aliphatic heterocycles. The van der Waals surface area contributed by atoms with Gasteiger partial charge in [0.1, 0.15) is 0 Å². The van der Waals surface area contributed by atoms with E-state index >= 15 is 0 Å². The molecule has 2 N–H and O–H groups in total. The van der Waals surface area contributed by atoms with Gasteiger partial charge in [-0.25, -0.2) is 0 Å². The number of rotatable bonds is 8. The number of thioether (sulfide) groups is 1. The second kappa shape index (κ2) is 13.2. The second-order valence-corrected chi connectivity index (χ2v) is 7.96. The zero-order valence-electron chi connectivity index (χ0n) is 14.8. The first-order chi connectivity index (χ1) is 11.3. The minimum Gasteiger partial charge on any atom is -0.357 e. The lowest BCUT2D eigenvalue weighted by Crippen LogP contribution is -2.39. The highest BCUT2D eigenvalue weighted by Crippen LogP contribution is 2.20. The van der Waals surface area contributed by atoms with Crippen molar-refractivity contribution in [1.82, 2.24) is 15.5 Å². The van der Waals surface area contributed by atoms with Crippen LogP contribution in [-0.2, 0) is 6.54 Å². The van der Waals surface area contributed by atoms with Crippen molar-refractivity contribution in [3.05, 3.63) is 22.4 Å². The van der Waals surface area contributed by atoms with Crippen molar-refractivity contribution in [3.63, 3.8) is 0 Å². The number of likely N-dealkylation sites (tertiary alicyclic amines) is 1. The second-order valence-electron chi connectivity index (χ2n) is 5.94. The summed E-state index contributed by atoms with van der Waals surface area (Å²) in [5.74, 6) is 2.82. The molecule has 0 amide bonds. The molecule has 0 unspecified atom stereocenters. The normalized spacial score (nSPS) is 16.7. The maximum Gasteiger partial charge on any atom is 0.191 e. The molecule has 2 rings (SSSR count). The Morgan fingerprint density at radius 3 is 2.79 bits per heavy atom. The van der Waals surface area contributed by atoms with Gasteiger partial charge in [0.05, 0.1) is 0 Å². The smallest absolute Gasteiger partial charge is 0.191 e. The zero-order valence-corrected chi connectivity index (χ0v) is 18.8. The third-order valence-corrected chi connectivity index (χ3v) is 5.59. The van der Waals surface area contributed by atoms with Crippen LogP contribution < -0.4 is 10.6 Å². The lowest BCUT2D eigenvalue weighted by molar-refractivity contribution is 0.182. The van der Waals surface area contributed by atoms with E-state index in [0.29, 0.717) is 0 Å². The van der Waals surface area contributed by atoms with Crippen LogP contribution in [0, 0.1) is 5.92 Å². The quantitative estimate of drug-likeness (QED) is 0.258. The van der Waals surface area contributed by atoms with Crippen LogP contribution in [0.5, 0.6) is 0 Å². The molecule has 0 spiro atoms. The maximum absolute atomic E-state index is 4.78. The number of guanidine groups is 1. The van der Waals surface area contributed by atoms with Gasteiger partial charge in [-0.1, -0.05) is 6.07 Å². The standard InChI is InChI=1S/C17H30N4S2.HI/c1-3-18-17(19-8-12-22-2)20-13-15-6-9-21(10-7-15)14-16-5-4-11-23-16;/h4-5,11,15H,3,6-10,12-14H2,1-2H3,(H2,18,19,20);1H. The average molecular weight is 483 g/mol. The molecule has 2 heterocycles. The summed E-state index contributed by atoms with van der Waals surface area (Å²) in [4.78, 5) is 8.84. The minimum atomic E-state index is 0. The Morgan fingerprint density at radius 1 is 1.38 bits per heavy atom. The summed E-state index contributed by atoms with van der Waals surface area (Å²) in [7, 11) is 0. The van der Waals surface area contributed by atoms with Crippen LogP contribution in [0.1, 0.15) is 24.6 Å². The van der Waals surface area contributed by atoms with E-state index in [4.69, 9.17) is 4.99 Å². The van der Waals surface area contributed by atoms with Crippen molar-refractivity contribution in [2.45, 2.75) is 26.3 Å². The zero-order chi connectivity index (χ0) is 16.3. The van der Waals surface area contributed by atoms with E-state index in [-0.39, 0.29) is 24.0 Å². The van der Waals surface area contributed by atoms with E-state index in [9.17, 15) is 0 Å². The van der Waals surface area contributed by atoms with Crippen LogP contribution >= 0.6 is 47.1 Å². The fourth-order valence-corrected chi connectivity index (χ4v) is 3.84. The Bertz CT molecular complexity index is 445. The summed E-state index contributed by atoms with van der Waals surface area (Å²) >= 11 is 3.72. The number of nitrogens with one attached hydrogen (secondary N) is 2. The van der Waals surface area contributed by atoms with Crippen molar-refractivity contribution < 1.29 is 0 Å². The van der Waals surface area contributed by atoms with Gasteiger partial charge in [-0.05, 0) is 56.5 Å². The number of hydrogen-bond donors (Lipinski definition) is 2. The summed E-state index contributed by atoms with van der Waals surface area (Å²) in [5, 5.41) is 8.92. The molecule has 0 aromatic carbocycles. The molecule has 1 aromatic rings. The van der Waals surface area contributed by atoms with Crippen molar-refractivity contribution in [2.75, 3.05) is 44.7 Å². The molecular formula is C17H31IN4S2. The number of halogens is 1. The highest BCUT2D eigenvalue weighted by molar-refractivity contribution is 14.0. The first-order valence-electron chi connectivity index (χ1n) is 8.57. The fraction of sp³-hybridized carbons (Fsp3) is 0.706. The summed E-state index contributed by atoms with van der Waals surface area (Å²) < 4.78 is 0. The third-order valence-electron chi connectivity index (χ3n) is 4.12. The van der Waals surface area contributed by atoms with Gasteiger partial charge in [0, 0.05) is 36.8 Å². The number of piperidine rings is 1. The molecule has 4 nitrogen and oxygen atoms in total. The van der Waals surface area contributed by atoms with Crippen molar-refractivity contribution in [2.24, 2.45) is 10.9 Å². The lowest BCUT2D eigenvalue weighted by atomic mass is 9.97. The molecule has 7 heteroatoms. The molecule has 1 saturated heterocycles. The van der Waals surface area contributed by atoms with Crippen molar-refractivity contribution >= 4 is 53.0 Å². The van der Waals surface area contributed by atoms with Gasteiger partial charge in [-0.3, -0.25) is 9.89 Å². The van der Waals surface area contributed by atoms with E-state index in [0.717, 1.165) is 43.8 Å². The molecule has 1 aromatic heterocycles. The molecule has 0 saturated carbocycles. The highest BCUT2D eigenvalue weighted by Gasteiger charge is 2.19. The Morgan fingerprint density at radius 2 is 2.17 bits per heavy atom. The topological polar surface area (TPSA) is 39.7 Å². The highest BCUT2D eigenvalue weighted by atomic mass is 127. The van der Waals surface area contributed by atoms with Crippen LogP contribution in [-0.4, -0.2) is 55.6 Å². The SMILES string of the molecule is CCNC(=NCC1CCN(Cc2cccs2)CC1)NCCSC.I. The predicted octanol–water partition coefficient (Wildman–Crippen LogP) is 3.50. The van der Waals surface area contributed by atoms with Gasteiger partial charge in [-0.15, -0.1) is 35.3 Å². The lowest BCUT2D eigenvalue weighted by Gasteiger charge is -2.31. The van der Waals surface area contributed by atoms with Crippen LogP contribution in [0.25, 0.3) is 0 Å². The van der Waals surface area contributed by atoms with E-state index in [2.05, 4.69) is 46.2 Å². The van der Waals surface area contributed by atoms with Crippen LogP contribution in [0.3, 0.4) is 0 Å². The summed E-state index contributed by atoms with van der Waals surface area (Å²) in [5.41, 5.74) is 0. The Labute approximate surface area is 172 Å².